The molecule has 0 aliphatic heterocycles. The minimum Gasteiger partial charge on any atom is -0.478 e. The van der Waals surface area contributed by atoms with Gasteiger partial charge in [0.25, 0.3) is 0 Å². The second-order valence-electron chi connectivity index (χ2n) is 3.88. The molecule has 2 N–H and O–H groups in total. The quantitative estimate of drug-likeness (QED) is 0.719. The summed E-state index contributed by atoms with van der Waals surface area (Å²) in [5, 5.41) is 11.6. The second-order valence-corrected chi connectivity index (χ2v) is 3.88. The molecule has 1 amide bonds. The molecule has 0 unspecified atom stereocenters. The Kier molecular flexibility index (Phi) is 5.87. The van der Waals surface area contributed by atoms with Crippen LogP contribution in [0.2, 0.25) is 0 Å². The van der Waals surface area contributed by atoms with Crippen LogP contribution < -0.4 is 5.32 Å². The van der Waals surface area contributed by atoms with Crippen LogP contribution in [0.5, 0.6) is 0 Å². The van der Waals surface area contributed by atoms with E-state index in [9.17, 15) is 9.59 Å². The molecule has 0 saturated heterocycles. The minimum atomic E-state index is -0.969. The Morgan fingerprint density at radius 2 is 2.17 bits per heavy atom. The van der Waals surface area contributed by atoms with Crippen molar-refractivity contribution in [3.63, 3.8) is 0 Å². The average Bonchev–Trinajstić information content (AvgIpc) is 2.37. The molecule has 98 valence electrons. The van der Waals surface area contributed by atoms with Crippen LogP contribution in [0.4, 0.5) is 0 Å². The van der Waals surface area contributed by atoms with Gasteiger partial charge in [0.15, 0.2) is 0 Å². The van der Waals surface area contributed by atoms with Crippen molar-refractivity contribution in [2.24, 2.45) is 0 Å². The Morgan fingerprint density at radius 3 is 2.83 bits per heavy atom. The Balaban J connectivity index is 2.41. The first kappa shape index (κ1) is 14.2. The van der Waals surface area contributed by atoms with E-state index in [1.807, 2.05) is 0 Å². The van der Waals surface area contributed by atoms with Crippen molar-refractivity contribution < 1.29 is 19.4 Å². The Bertz CT molecular complexity index is 417. The average molecular weight is 251 g/mol. The van der Waals surface area contributed by atoms with Gasteiger partial charge in [-0.25, -0.2) is 4.79 Å². The highest BCUT2D eigenvalue weighted by Crippen LogP contribution is 2.05. The highest BCUT2D eigenvalue weighted by Gasteiger charge is 2.04. The Labute approximate surface area is 106 Å². The maximum absolute atomic E-state index is 11.4. The maximum atomic E-state index is 11.4. The van der Waals surface area contributed by atoms with Gasteiger partial charge in [0, 0.05) is 26.7 Å². The number of aromatic carboxylic acids is 1. The first-order valence-corrected chi connectivity index (χ1v) is 5.71. The van der Waals surface area contributed by atoms with Crippen LogP contribution in [0.25, 0.3) is 0 Å². The SMILES string of the molecule is COCCCC(=O)NCc1cccc(C(=O)O)c1. The van der Waals surface area contributed by atoms with Crippen molar-refractivity contribution >= 4 is 11.9 Å². The summed E-state index contributed by atoms with van der Waals surface area (Å²) in [6.07, 6.45) is 1.09. The number of benzene rings is 1. The molecule has 0 heterocycles. The summed E-state index contributed by atoms with van der Waals surface area (Å²) in [7, 11) is 1.59. The van der Waals surface area contributed by atoms with Crippen LogP contribution in [0.1, 0.15) is 28.8 Å². The van der Waals surface area contributed by atoms with E-state index in [4.69, 9.17) is 9.84 Å². The highest BCUT2D eigenvalue weighted by atomic mass is 16.5. The fourth-order valence-corrected chi connectivity index (χ4v) is 1.48. The fraction of sp³-hybridized carbons (Fsp3) is 0.385. The van der Waals surface area contributed by atoms with Gasteiger partial charge in [-0.3, -0.25) is 4.79 Å². The summed E-state index contributed by atoms with van der Waals surface area (Å²) in [6.45, 7) is 0.898. The van der Waals surface area contributed by atoms with Crippen molar-refractivity contribution in [3.05, 3.63) is 35.4 Å². The molecule has 0 fully saturated rings. The minimum absolute atomic E-state index is 0.0622. The Morgan fingerprint density at radius 1 is 1.39 bits per heavy atom. The van der Waals surface area contributed by atoms with Gasteiger partial charge in [-0.05, 0) is 24.1 Å². The Hall–Kier alpha value is -1.88. The van der Waals surface area contributed by atoms with E-state index >= 15 is 0 Å². The monoisotopic (exact) mass is 251 g/mol. The van der Waals surface area contributed by atoms with Gasteiger partial charge < -0.3 is 15.2 Å². The van der Waals surface area contributed by atoms with E-state index < -0.39 is 5.97 Å². The number of hydrogen-bond donors (Lipinski definition) is 2. The molecule has 0 spiro atoms. The van der Waals surface area contributed by atoms with Crippen molar-refractivity contribution in [3.8, 4) is 0 Å². The summed E-state index contributed by atoms with van der Waals surface area (Å²) in [5.74, 6) is -1.03. The van der Waals surface area contributed by atoms with Crippen LogP contribution >= 0.6 is 0 Å². The number of ether oxygens (including phenoxy) is 1. The van der Waals surface area contributed by atoms with E-state index in [1.54, 1.807) is 25.3 Å². The number of nitrogens with one attached hydrogen (secondary N) is 1. The number of methoxy groups -OCH3 is 1. The standard InChI is InChI=1S/C13H17NO4/c1-18-7-3-6-12(15)14-9-10-4-2-5-11(8-10)13(16)17/h2,4-5,8H,3,6-7,9H2,1H3,(H,14,15)(H,16,17). The molecule has 0 saturated carbocycles. The zero-order chi connectivity index (χ0) is 13.4. The molecule has 5 nitrogen and oxygen atoms in total. The van der Waals surface area contributed by atoms with Crippen molar-refractivity contribution in [2.45, 2.75) is 19.4 Å². The van der Waals surface area contributed by atoms with E-state index in [0.717, 1.165) is 5.56 Å². The predicted octanol–water partition coefficient (Wildman–Crippen LogP) is 1.43. The number of rotatable bonds is 7. The molecule has 0 aromatic heterocycles. The smallest absolute Gasteiger partial charge is 0.335 e. The lowest BCUT2D eigenvalue weighted by molar-refractivity contribution is -0.121. The number of carboxylic acids is 1. The zero-order valence-corrected chi connectivity index (χ0v) is 10.3. The van der Waals surface area contributed by atoms with Crippen LogP contribution in [0.3, 0.4) is 0 Å². The molecule has 18 heavy (non-hydrogen) atoms. The molecular formula is C13H17NO4. The van der Waals surface area contributed by atoms with E-state index in [1.165, 1.54) is 6.07 Å². The number of carbonyl (C=O) groups excluding carboxylic acids is 1. The van der Waals surface area contributed by atoms with E-state index in [2.05, 4.69) is 5.32 Å². The molecule has 0 aliphatic rings. The predicted molar refractivity (Wildman–Crippen MR) is 66.4 cm³/mol. The fourth-order valence-electron chi connectivity index (χ4n) is 1.48. The first-order valence-electron chi connectivity index (χ1n) is 5.71. The summed E-state index contributed by atoms with van der Waals surface area (Å²) >= 11 is 0. The summed E-state index contributed by atoms with van der Waals surface area (Å²) in [4.78, 5) is 22.2. The third kappa shape index (κ3) is 4.97. The molecule has 1 rings (SSSR count). The molecule has 1 aromatic carbocycles. The van der Waals surface area contributed by atoms with Gasteiger partial charge in [0.2, 0.25) is 5.91 Å². The van der Waals surface area contributed by atoms with Gasteiger partial charge >= 0.3 is 5.97 Å². The first-order chi connectivity index (χ1) is 8.63. The lowest BCUT2D eigenvalue weighted by Gasteiger charge is -2.06. The third-order valence-corrected chi connectivity index (χ3v) is 2.42. The molecular weight excluding hydrogens is 234 g/mol. The van der Waals surface area contributed by atoms with Crippen molar-refractivity contribution in [2.75, 3.05) is 13.7 Å². The maximum Gasteiger partial charge on any atom is 0.335 e. The molecule has 1 aromatic rings. The molecule has 0 radical (unpaired) electrons. The van der Waals surface area contributed by atoms with Crippen LogP contribution in [0, 0.1) is 0 Å². The molecule has 0 atom stereocenters. The normalized spacial score (nSPS) is 10.1. The third-order valence-electron chi connectivity index (χ3n) is 2.42. The number of carboxylic acid groups (broad SMARTS) is 1. The second kappa shape index (κ2) is 7.45. The van der Waals surface area contributed by atoms with Crippen molar-refractivity contribution in [1.82, 2.24) is 5.32 Å². The molecule has 0 bridgehead atoms. The lowest BCUT2D eigenvalue weighted by atomic mass is 10.1. The lowest BCUT2D eigenvalue weighted by Crippen LogP contribution is -2.22. The largest absolute Gasteiger partial charge is 0.478 e. The zero-order valence-electron chi connectivity index (χ0n) is 10.3. The molecule has 5 heteroatoms. The van der Waals surface area contributed by atoms with E-state index in [-0.39, 0.29) is 11.5 Å². The summed E-state index contributed by atoms with van der Waals surface area (Å²) in [6, 6.07) is 6.52. The van der Waals surface area contributed by atoms with E-state index in [0.29, 0.717) is 26.0 Å². The summed E-state index contributed by atoms with van der Waals surface area (Å²) in [5.41, 5.74) is 0.996. The number of amides is 1. The number of carbonyl (C=O) groups is 2. The molecule has 0 aliphatic carbocycles. The van der Waals surface area contributed by atoms with Gasteiger partial charge in [0.05, 0.1) is 5.56 Å². The topological polar surface area (TPSA) is 75.6 Å². The van der Waals surface area contributed by atoms with Crippen molar-refractivity contribution in [1.29, 1.82) is 0 Å². The summed E-state index contributed by atoms with van der Waals surface area (Å²) < 4.78 is 4.85. The van der Waals surface area contributed by atoms with Crippen LogP contribution in [0.15, 0.2) is 24.3 Å². The number of hydrogen-bond acceptors (Lipinski definition) is 3. The van der Waals surface area contributed by atoms with Gasteiger partial charge in [-0.15, -0.1) is 0 Å². The van der Waals surface area contributed by atoms with Gasteiger partial charge in [-0.1, -0.05) is 12.1 Å². The van der Waals surface area contributed by atoms with Crippen LogP contribution in [-0.2, 0) is 16.1 Å². The van der Waals surface area contributed by atoms with Gasteiger partial charge in [0.1, 0.15) is 0 Å². The van der Waals surface area contributed by atoms with Gasteiger partial charge in [-0.2, -0.15) is 0 Å². The van der Waals surface area contributed by atoms with Crippen LogP contribution in [-0.4, -0.2) is 30.7 Å². The highest BCUT2D eigenvalue weighted by molar-refractivity contribution is 5.87.